The molecule has 0 unspecified atom stereocenters. The number of para-hydroxylation sites is 1. The van der Waals surface area contributed by atoms with Crippen molar-refractivity contribution >= 4 is 39.2 Å². The highest BCUT2D eigenvalue weighted by Crippen LogP contribution is 2.38. The Bertz CT molecular complexity index is 1130. The van der Waals surface area contributed by atoms with Gasteiger partial charge in [0.1, 0.15) is 0 Å². The van der Waals surface area contributed by atoms with Gasteiger partial charge in [0.15, 0.2) is 6.61 Å². The summed E-state index contributed by atoms with van der Waals surface area (Å²) in [7, 11) is -3.77. The molecule has 12 heteroatoms. The van der Waals surface area contributed by atoms with Gasteiger partial charge in [0.05, 0.1) is 26.7 Å². The Morgan fingerprint density at radius 2 is 1.75 bits per heavy atom. The molecule has 0 saturated carbocycles. The lowest BCUT2D eigenvalue weighted by Crippen LogP contribution is -2.28. The van der Waals surface area contributed by atoms with Gasteiger partial charge in [0, 0.05) is 13.1 Å². The van der Waals surface area contributed by atoms with Crippen molar-refractivity contribution < 1.29 is 35.9 Å². The molecule has 3 rings (SSSR count). The van der Waals surface area contributed by atoms with Gasteiger partial charge in [0.2, 0.25) is 10.0 Å². The van der Waals surface area contributed by atoms with Crippen LogP contribution in [0.3, 0.4) is 0 Å². The number of amides is 1. The third kappa shape index (κ3) is 5.40. The molecule has 0 aliphatic carbocycles. The summed E-state index contributed by atoms with van der Waals surface area (Å²) in [5.74, 6) is -2.05. The molecule has 1 aliphatic heterocycles. The van der Waals surface area contributed by atoms with Gasteiger partial charge in [0.25, 0.3) is 5.91 Å². The minimum absolute atomic E-state index is 0.0933. The van der Waals surface area contributed by atoms with Gasteiger partial charge < -0.3 is 10.1 Å². The Labute approximate surface area is 187 Å². The summed E-state index contributed by atoms with van der Waals surface area (Å²) in [6.45, 7) is -0.122. The Morgan fingerprint density at radius 3 is 2.41 bits per heavy atom. The summed E-state index contributed by atoms with van der Waals surface area (Å²) in [6.07, 6.45) is -3.26. The van der Waals surface area contributed by atoms with Crippen LogP contribution in [0, 0.1) is 0 Å². The van der Waals surface area contributed by atoms with Crippen molar-refractivity contribution in [3.05, 3.63) is 58.6 Å². The number of benzene rings is 2. The summed E-state index contributed by atoms with van der Waals surface area (Å²) >= 11 is 5.77. The average molecular weight is 491 g/mol. The van der Waals surface area contributed by atoms with Crippen molar-refractivity contribution in [2.24, 2.45) is 0 Å². The quantitative estimate of drug-likeness (QED) is 0.619. The first-order chi connectivity index (χ1) is 15.0. The van der Waals surface area contributed by atoms with E-state index in [4.69, 9.17) is 16.3 Å². The van der Waals surface area contributed by atoms with Crippen LogP contribution in [0.15, 0.2) is 47.4 Å². The van der Waals surface area contributed by atoms with E-state index in [1.54, 1.807) is 0 Å². The predicted octanol–water partition coefficient (Wildman–Crippen LogP) is 3.94. The Morgan fingerprint density at radius 1 is 1.09 bits per heavy atom. The minimum atomic E-state index is -4.76. The van der Waals surface area contributed by atoms with Crippen LogP contribution in [0.25, 0.3) is 0 Å². The molecule has 0 radical (unpaired) electrons. The van der Waals surface area contributed by atoms with E-state index in [0.29, 0.717) is 13.1 Å². The molecule has 172 valence electrons. The normalized spacial score (nSPS) is 14.9. The maximum atomic E-state index is 13.1. The van der Waals surface area contributed by atoms with Crippen LogP contribution in [0.1, 0.15) is 28.8 Å². The van der Waals surface area contributed by atoms with Crippen molar-refractivity contribution in [1.29, 1.82) is 0 Å². The Balaban J connectivity index is 1.68. The van der Waals surface area contributed by atoms with Crippen LogP contribution in [-0.2, 0) is 25.7 Å². The second-order valence-electron chi connectivity index (χ2n) is 6.92. The highest BCUT2D eigenvalue weighted by Gasteiger charge is 2.35. The third-order valence-corrected chi connectivity index (χ3v) is 6.90. The summed E-state index contributed by atoms with van der Waals surface area (Å²) in [5, 5.41) is 1.66. The minimum Gasteiger partial charge on any atom is -0.452 e. The summed E-state index contributed by atoms with van der Waals surface area (Å²) < 4.78 is 70.7. The molecule has 32 heavy (non-hydrogen) atoms. The van der Waals surface area contributed by atoms with E-state index < -0.39 is 45.9 Å². The number of anilines is 1. The number of alkyl halides is 3. The van der Waals surface area contributed by atoms with Crippen molar-refractivity contribution in [2.45, 2.75) is 23.9 Å². The highest BCUT2D eigenvalue weighted by molar-refractivity contribution is 7.89. The molecule has 0 spiro atoms. The summed E-state index contributed by atoms with van der Waals surface area (Å²) in [4.78, 5) is 24.2. The van der Waals surface area contributed by atoms with E-state index in [0.717, 1.165) is 31.0 Å². The summed E-state index contributed by atoms with van der Waals surface area (Å²) in [5.41, 5.74) is -1.92. The number of carbonyl (C=O) groups is 2. The second kappa shape index (κ2) is 9.47. The molecular weight excluding hydrogens is 473 g/mol. The van der Waals surface area contributed by atoms with Gasteiger partial charge in [-0.25, -0.2) is 13.2 Å². The summed E-state index contributed by atoms with van der Waals surface area (Å²) in [6, 6.07) is 8.14. The molecule has 0 aromatic heterocycles. The van der Waals surface area contributed by atoms with Crippen LogP contribution in [0.4, 0.5) is 18.9 Å². The Kier molecular flexibility index (Phi) is 7.11. The molecule has 1 N–H and O–H groups in total. The van der Waals surface area contributed by atoms with Crippen LogP contribution in [-0.4, -0.2) is 44.3 Å². The molecule has 1 amide bonds. The molecule has 2 aromatic rings. The van der Waals surface area contributed by atoms with E-state index >= 15 is 0 Å². The van der Waals surface area contributed by atoms with E-state index in [1.165, 1.54) is 28.6 Å². The number of nitrogens with one attached hydrogen (secondary N) is 1. The molecule has 0 atom stereocenters. The maximum absolute atomic E-state index is 13.1. The smallest absolute Gasteiger partial charge is 0.418 e. The fourth-order valence-corrected chi connectivity index (χ4v) is 4.92. The zero-order chi connectivity index (χ0) is 23.5. The molecule has 1 heterocycles. The molecule has 0 bridgehead atoms. The lowest BCUT2D eigenvalue weighted by atomic mass is 10.1. The number of ether oxygens (including phenoxy) is 1. The van der Waals surface area contributed by atoms with Gasteiger partial charge in [-0.15, -0.1) is 0 Å². The van der Waals surface area contributed by atoms with E-state index in [2.05, 4.69) is 0 Å². The molecule has 2 aromatic carbocycles. The fraction of sp³-hybridized carbons (Fsp3) is 0.300. The first kappa shape index (κ1) is 24.0. The highest BCUT2D eigenvalue weighted by atomic mass is 35.5. The van der Waals surface area contributed by atoms with E-state index in [1.807, 2.05) is 5.32 Å². The standard InChI is InChI=1S/C20H18ClF3N2O5S/c21-16-8-4-7-15(20(22,23)24)18(16)25-17(27)12-31-19(28)13-5-3-6-14(11-13)32(29,30)26-9-1-2-10-26/h3-8,11H,1-2,9-10,12H2,(H,25,27). The molecule has 1 fully saturated rings. The van der Waals surface area contributed by atoms with Crippen LogP contribution in [0.2, 0.25) is 5.02 Å². The monoisotopic (exact) mass is 490 g/mol. The van der Waals surface area contributed by atoms with E-state index in [-0.39, 0.29) is 15.5 Å². The number of hydrogen-bond acceptors (Lipinski definition) is 5. The van der Waals surface area contributed by atoms with Gasteiger partial charge in [-0.3, -0.25) is 4.79 Å². The number of hydrogen-bond donors (Lipinski definition) is 1. The topological polar surface area (TPSA) is 92.8 Å². The predicted molar refractivity (Wildman–Crippen MR) is 110 cm³/mol. The second-order valence-corrected chi connectivity index (χ2v) is 9.27. The fourth-order valence-electron chi connectivity index (χ4n) is 3.14. The first-order valence-corrected chi connectivity index (χ1v) is 11.2. The van der Waals surface area contributed by atoms with E-state index in [9.17, 15) is 31.2 Å². The number of rotatable bonds is 6. The molecular formula is C20H18ClF3N2O5S. The molecule has 7 nitrogen and oxygen atoms in total. The number of halogens is 4. The largest absolute Gasteiger partial charge is 0.452 e. The SMILES string of the molecule is O=C(COC(=O)c1cccc(S(=O)(=O)N2CCCC2)c1)Nc1c(Cl)cccc1C(F)(F)F. The lowest BCUT2D eigenvalue weighted by molar-refractivity contribution is -0.137. The van der Waals surface area contributed by atoms with Crippen LogP contribution >= 0.6 is 11.6 Å². The van der Waals surface area contributed by atoms with Gasteiger partial charge in [-0.1, -0.05) is 23.7 Å². The third-order valence-electron chi connectivity index (χ3n) is 4.69. The average Bonchev–Trinajstić information content (AvgIpc) is 3.28. The van der Waals surface area contributed by atoms with Crippen LogP contribution < -0.4 is 5.32 Å². The van der Waals surface area contributed by atoms with Gasteiger partial charge in [-0.2, -0.15) is 17.5 Å². The van der Waals surface area contributed by atoms with Crippen molar-refractivity contribution in [3.8, 4) is 0 Å². The number of sulfonamides is 1. The Hall–Kier alpha value is -2.63. The van der Waals surface area contributed by atoms with Gasteiger partial charge >= 0.3 is 12.1 Å². The maximum Gasteiger partial charge on any atom is 0.418 e. The number of esters is 1. The number of carbonyl (C=O) groups excluding carboxylic acids is 2. The molecule has 1 aliphatic rings. The zero-order valence-electron chi connectivity index (χ0n) is 16.5. The van der Waals surface area contributed by atoms with Crippen molar-refractivity contribution in [1.82, 2.24) is 4.31 Å². The van der Waals surface area contributed by atoms with Crippen molar-refractivity contribution in [2.75, 3.05) is 25.0 Å². The molecule has 1 saturated heterocycles. The lowest BCUT2D eigenvalue weighted by Gasteiger charge is -2.16. The number of nitrogens with zero attached hydrogens (tertiary/aromatic N) is 1. The van der Waals surface area contributed by atoms with Crippen molar-refractivity contribution in [3.63, 3.8) is 0 Å². The zero-order valence-corrected chi connectivity index (χ0v) is 18.1. The van der Waals surface area contributed by atoms with Gasteiger partial charge in [-0.05, 0) is 43.2 Å². The van der Waals surface area contributed by atoms with Crippen LogP contribution in [0.5, 0.6) is 0 Å². The first-order valence-electron chi connectivity index (χ1n) is 9.43.